The molecule has 0 aliphatic heterocycles. The van der Waals surface area contributed by atoms with Crippen LogP contribution >= 0.6 is 0 Å². The van der Waals surface area contributed by atoms with Crippen LogP contribution in [0.25, 0.3) is 0 Å². The number of aromatic nitrogens is 1. The second kappa shape index (κ2) is 6.88. The van der Waals surface area contributed by atoms with Crippen molar-refractivity contribution >= 4 is 5.78 Å². The van der Waals surface area contributed by atoms with E-state index in [0.717, 1.165) is 18.6 Å². The maximum Gasteiger partial charge on any atom is 0.214 e. The Balaban J connectivity index is 1.95. The highest BCUT2D eigenvalue weighted by molar-refractivity contribution is 6.07. The number of aryl methyl sites for hydroxylation is 1. The second-order valence-corrected chi connectivity index (χ2v) is 4.68. The summed E-state index contributed by atoms with van der Waals surface area (Å²) in [4.78, 5) is 12.1. The van der Waals surface area contributed by atoms with E-state index in [4.69, 9.17) is 4.52 Å². The summed E-state index contributed by atoms with van der Waals surface area (Å²) in [6.07, 6.45) is 5.59. The van der Waals surface area contributed by atoms with Gasteiger partial charge in [0.25, 0.3) is 0 Å². The molecule has 0 radical (unpaired) electrons. The number of unbranched alkanes of at least 4 members (excludes halogenated alkanes) is 3. The van der Waals surface area contributed by atoms with Gasteiger partial charge in [0.05, 0.1) is 0 Å². The van der Waals surface area contributed by atoms with Crippen LogP contribution in [0.5, 0.6) is 0 Å². The third-order valence-electron chi connectivity index (χ3n) is 3.10. The van der Waals surface area contributed by atoms with Crippen LogP contribution in [0.4, 0.5) is 0 Å². The Hall–Kier alpha value is -1.90. The molecule has 0 N–H and O–H groups in total. The summed E-state index contributed by atoms with van der Waals surface area (Å²) in [5.74, 6) is 0.722. The van der Waals surface area contributed by atoms with Crippen molar-refractivity contribution in [2.45, 2.75) is 39.0 Å². The number of nitrogens with zero attached hydrogens (tertiary/aromatic N) is 1. The smallest absolute Gasteiger partial charge is 0.214 e. The van der Waals surface area contributed by atoms with E-state index in [0.29, 0.717) is 11.3 Å². The molecule has 1 heterocycles. The maximum atomic E-state index is 12.1. The molecule has 3 heteroatoms. The van der Waals surface area contributed by atoms with Crippen molar-refractivity contribution in [3.63, 3.8) is 0 Å². The molecule has 0 bridgehead atoms. The van der Waals surface area contributed by atoms with Crippen LogP contribution in [-0.4, -0.2) is 10.9 Å². The van der Waals surface area contributed by atoms with E-state index >= 15 is 0 Å². The highest BCUT2D eigenvalue weighted by Gasteiger charge is 2.14. The predicted octanol–water partition coefficient (Wildman–Crippen LogP) is 4.03. The lowest BCUT2D eigenvalue weighted by atomic mass is 10.1. The fourth-order valence-corrected chi connectivity index (χ4v) is 2.00. The quantitative estimate of drug-likeness (QED) is 0.555. The van der Waals surface area contributed by atoms with Gasteiger partial charge in [-0.3, -0.25) is 4.79 Å². The first-order chi connectivity index (χ1) is 9.31. The number of benzene rings is 1. The highest BCUT2D eigenvalue weighted by atomic mass is 16.5. The van der Waals surface area contributed by atoms with Crippen molar-refractivity contribution in [3.8, 4) is 0 Å². The Morgan fingerprint density at radius 2 is 1.95 bits per heavy atom. The van der Waals surface area contributed by atoms with Crippen LogP contribution in [0, 0.1) is 0 Å². The fraction of sp³-hybridized carbons (Fsp3) is 0.375. The summed E-state index contributed by atoms with van der Waals surface area (Å²) in [6, 6.07) is 10.9. The molecular formula is C16H19NO2. The van der Waals surface area contributed by atoms with E-state index in [-0.39, 0.29) is 5.78 Å². The number of rotatable bonds is 7. The largest absolute Gasteiger partial charge is 0.361 e. The van der Waals surface area contributed by atoms with Crippen molar-refractivity contribution in [2.24, 2.45) is 0 Å². The number of hydrogen-bond donors (Lipinski definition) is 0. The SMILES string of the molecule is CCCCCCc1cc(C(=O)c2ccccc2)no1. The topological polar surface area (TPSA) is 43.1 Å². The van der Waals surface area contributed by atoms with E-state index in [1.165, 1.54) is 19.3 Å². The summed E-state index contributed by atoms with van der Waals surface area (Å²) < 4.78 is 5.22. The minimum atomic E-state index is -0.0795. The van der Waals surface area contributed by atoms with Gasteiger partial charge in [-0.05, 0) is 6.42 Å². The first-order valence-corrected chi connectivity index (χ1v) is 6.86. The van der Waals surface area contributed by atoms with Gasteiger partial charge in [-0.25, -0.2) is 0 Å². The Labute approximate surface area is 113 Å². The lowest BCUT2D eigenvalue weighted by Crippen LogP contribution is -2.00. The van der Waals surface area contributed by atoms with Gasteiger partial charge in [0.2, 0.25) is 5.78 Å². The van der Waals surface area contributed by atoms with Gasteiger partial charge in [0.15, 0.2) is 5.69 Å². The lowest BCUT2D eigenvalue weighted by molar-refractivity contribution is 0.103. The average molecular weight is 257 g/mol. The number of ketones is 1. The van der Waals surface area contributed by atoms with Gasteiger partial charge < -0.3 is 4.52 Å². The molecule has 0 amide bonds. The molecule has 19 heavy (non-hydrogen) atoms. The summed E-state index contributed by atoms with van der Waals surface area (Å²) >= 11 is 0. The zero-order chi connectivity index (χ0) is 13.5. The Morgan fingerprint density at radius 3 is 2.68 bits per heavy atom. The lowest BCUT2D eigenvalue weighted by Gasteiger charge is -1.95. The van der Waals surface area contributed by atoms with E-state index in [9.17, 15) is 4.79 Å². The zero-order valence-corrected chi connectivity index (χ0v) is 11.3. The number of hydrogen-bond acceptors (Lipinski definition) is 3. The van der Waals surface area contributed by atoms with Crippen LogP contribution in [0.15, 0.2) is 40.9 Å². The number of carbonyl (C=O) groups is 1. The molecule has 0 aliphatic rings. The molecule has 1 aromatic carbocycles. The van der Waals surface area contributed by atoms with Crippen molar-refractivity contribution in [2.75, 3.05) is 0 Å². The standard InChI is InChI=1S/C16H19NO2/c1-2-3-4-8-11-14-12-15(17-19-14)16(18)13-9-6-5-7-10-13/h5-7,9-10,12H,2-4,8,11H2,1H3. The van der Waals surface area contributed by atoms with E-state index < -0.39 is 0 Å². The van der Waals surface area contributed by atoms with Crippen LogP contribution in [-0.2, 0) is 6.42 Å². The fourth-order valence-electron chi connectivity index (χ4n) is 2.00. The molecule has 0 saturated heterocycles. The molecule has 100 valence electrons. The average Bonchev–Trinajstić information content (AvgIpc) is 2.92. The van der Waals surface area contributed by atoms with Crippen LogP contribution < -0.4 is 0 Å². The monoisotopic (exact) mass is 257 g/mol. The summed E-state index contributed by atoms with van der Waals surface area (Å²) in [5, 5.41) is 3.87. The molecule has 2 rings (SSSR count). The van der Waals surface area contributed by atoms with Gasteiger partial charge in [-0.2, -0.15) is 0 Å². The van der Waals surface area contributed by atoms with Gasteiger partial charge in [0, 0.05) is 18.1 Å². The summed E-state index contributed by atoms with van der Waals surface area (Å²) in [7, 11) is 0. The molecule has 0 unspecified atom stereocenters. The first-order valence-electron chi connectivity index (χ1n) is 6.86. The van der Waals surface area contributed by atoms with E-state index in [1.54, 1.807) is 18.2 Å². The van der Waals surface area contributed by atoms with Crippen molar-refractivity contribution in [1.29, 1.82) is 0 Å². The molecule has 0 saturated carbocycles. The zero-order valence-electron chi connectivity index (χ0n) is 11.3. The van der Waals surface area contributed by atoms with Crippen LogP contribution in [0.3, 0.4) is 0 Å². The molecule has 1 aromatic heterocycles. The molecular weight excluding hydrogens is 238 g/mol. The molecule has 0 spiro atoms. The molecule has 2 aromatic rings. The minimum Gasteiger partial charge on any atom is -0.361 e. The van der Waals surface area contributed by atoms with Crippen molar-refractivity contribution in [1.82, 2.24) is 5.16 Å². The summed E-state index contributed by atoms with van der Waals surface area (Å²) in [5.41, 5.74) is 1.05. The van der Waals surface area contributed by atoms with E-state index in [1.807, 2.05) is 18.2 Å². The van der Waals surface area contributed by atoms with Gasteiger partial charge in [0.1, 0.15) is 5.76 Å². The van der Waals surface area contributed by atoms with Gasteiger partial charge >= 0.3 is 0 Å². The normalized spacial score (nSPS) is 10.6. The Morgan fingerprint density at radius 1 is 1.16 bits per heavy atom. The highest BCUT2D eigenvalue weighted by Crippen LogP contribution is 2.13. The first kappa shape index (κ1) is 13.5. The predicted molar refractivity (Wildman–Crippen MR) is 74.2 cm³/mol. The third-order valence-corrected chi connectivity index (χ3v) is 3.10. The number of carbonyl (C=O) groups excluding carboxylic acids is 1. The molecule has 0 aliphatic carbocycles. The Bertz CT molecular complexity index is 517. The third kappa shape index (κ3) is 3.78. The molecule has 0 fully saturated rings. The van der Waals surface area contributed by atoms with Gasteiger partial charge in [-0.1, -0.05) is 61.7 Å². The maximum absolute atomic E-state index is 12.1. The summed E-state index contributed by atoms with van der Waals surface area (Å²) in [6.45, 7) is 2.19. The van der Waals surface area contributed by atoms with E-state index in [2.05, 4.69) is 12.1 Å². The van der Waals surface area contributed by atoms with Crippen LogP contribution in [0.2, 0.25) is 0 Å². The molecule has 0 atom stereocenters. The van der Waals surface area contributed by atoms with Gasteiger partial charge in [-0.15, -0.1) is 0 Å². The van der Waals surface area contributed by atoms with Crippen molar-refractivity contribution < 1.29 is 9.32 Å². The Kier molecular flexibility index (Phi) is 4.90. The second-order valence-electron chi connectivity index (χ2n) is 4.68. The van der Waals surface area contributed by atoms with Crippen molar-refractivity contribution in [3.05, 3.63) is 53.4 Å². The van der Waals surface area contributed by atoms with Crippen LogP contribution in [0.1, 0.15) is 54.4 Å². The molecule has 3 nitrogen and oxygen atoms in total. The minimum absolute atomic E-state index is 0.0795.